The van der Waals surface area contributed by atoms with Gasteiger partial charge in [-0.25, -0.2) is 0 Å². The Morgan fingerprint density at radius 1 is 1.32 bits per heavy atom. The highest BCUT2D eigenvalue weighted by Gasteiger charge is 2.34. The van der Waals surface area contributed by atoms with Gasteiger partial charge in [0.1, 0.15) is 6.04 Å². The average Bonchev–Trinajstić information content (AvgIpc) is 3.01. The largest absolute Gasteiger partial charge is 0.347 e. The first-order chi connectivity index (χ1) is 10.6. The highest BCUT2D eigenvalue weighted by Crippen LogP contribution is 2.23. The molecule has 1 aromatic rings. The zero-order valence-electron chi connectivity index (χ0n) is 13.1. The Hall–Kier alpha value is -1.75. The van der Waals surface area contributed by atoms with Crippen LogP contribution in [-0.4, -0.2) is 53.4 Å². The number of benzene rings is 1. The SMILES string of the molecule is CN(C)C(=O)[C@@H]1CSCN1C(=O)CC/C=C/c1ccccc1. The monoisotopic (exact) mass is 318 g/mol. The predicted molar refractivity (Wildman–Crippen MR) is 91.4 cm³/mol. The van der Waals surface area contributed by atoms with E-state index in [1.165, 1.54) is 0 Å². The highest BCUT2D eigenvalue weighted by atomic mass is 32.2. The van der Waals surface area contributed by atoms with Crippen molar-refractivity contribution in [1.82, 2.24) is 9.80 Å². The Bertz CT molecular complexity index is 543. The predicted octanol–water partition coefficient (Wildman–Crippen LogP) is 2.47. The zero-order chi connectivity index (χ0) is 15.9. The summed E-state index contributed by atoms with van der Waals surface area (Å²) in [5, 5.41) is 0. The van der Waals surface area contributed by atoms with Crippen molar-refractivity contribution in [1.29, 1.82) is 0 Å². The minimum Gasteiger partial charge on any atom is -0.347 e. The third kappa shape index (κ3) is 4.37. The van der Waals surface area contributed by atoms with E-state index in [4.69, 9.17) is 0 Å². The van der Waals surface area contributed by atoms with Crippen molar-refractivity contribution >= 4 is 29.7 Å². The molecular formula is C17H22N2O2S. The van der Waals surface area contributed by atoms with Gasteiger partial charge in [0, 0.05) is 26.3 Å². The van der Waals surface area contributed by atoms with E-state index < -0.39 is 0 Å². The van der Waals surface area contributed by atoms with Crippen LogP contribution in [0.2, 0.25) is 0 Å². The van der Waals surface area contributed by atoms with Gasteiger partial charge in [-0.3, -0.25) is 9.59 Å². The van der Waals surface area contributed by atoms with Crippen LogP contribution < -0.4 is 0 Å². The maximum Gasteiger partial charge on any atom is 0.245 e. The molecule has 1 saturated heterocycles. The number of likely N-dealkylation sites (N-methyl/N-ethyl adjacent to an activating group) is 1. The molecule has 118 valence electrons. The molecule has 1 aliphatic heterocycles. The van der Waals surface area contributed by atoms with E-state index in [0.717, 1.165) is 5.56 Å². The Morgan fingerprint density at radius 3 is 2.73 bits per heavy atom. The number of carbonyl (C=O) groups is 2. The van der Waals surface area contributed by atoms with Crippen molar-refractivity contribution in [2.24, 2.45) is 0 Å². The average molecular weight is 318 g/mol. The third-order valence-electron chi connectivity index (χ3n) is 3.56. The highest BCUT2D eigenvalue weighted by molar-refractivity contribution is 7.99. The second-order valence-electron chi connectivity index (χ2n) is 5.46. The second kappa shape index (κ2) is 8.03. The molecule has 0 radical (unpaired) electrons. The molecule has 0 aliphatic carbocycles. The van der Waals surface area contributed by atoms with E-state index in [9.17, 15) is 9.59 Å². The summed E-state index contributed by atoms with van der Waals surface area (Å²) in [4.78, 5) is 27.7. The standard InChI is InChI=1S/C17H22N2O2S/c1-18(2)17(21)15-12-22-13-19(15)16(20)11-7-6-10-14-8-4-3-5-9-14/h3-6,8-10,15H,7,11-13H2,1-2H3/b10-6+/t15-/m0/s1. The van der Waals surface area contributed by atoms with Gasteiger partial charge in [-0.05, 0) is 12.0 Å². The van der Waals surface area contributed by atoms with Crippen LogP contribution in [0.3, 0.4) is 0 Å². The van der Waals surface area contributed by atoms with E-state index in [1.54, 1.807) is 35.7 Å². The summed E-state index contributed by atoms with van der Waals surface area (Å²) in [7, 11) is 3.47. The molecule has 2 rings (SSSR count). The Labute approximate surface area is 136 Å². The molecule has 1 fully saturated rings. The summed E-state index contributed by atoms with van der Waals surface area (Å²) in [5.74, 6) is 1.38. The maximum absolute atomic E-state index is 12.3. The number of allylic oxidation sites excluding steroid dienone is 1. The molecule has 0 unspecified atom stereocenters. The normalized spacial score (nSPS) is 17.9. The van der Waals surface area contributed by atoms with Crippen molar-refractivity contribution < 1.29 is 9.59 Å². The minimum atomic E-state index is -0.300. The fraction of sp³-hybridized carbons (Fsp3) is 0.412. The molecule has 2 amide bonds. The zero-order valence-corrected chi connectivity index (χ0v) is 13.9. The molecule has 5 heteroatoms. The Morgan fingerprint density at radius 2 is 2.05 bits per heavy atom. The number of hydrogen-bond acceptors (Lipinski definition) is 3. The molecular weight excluding hydrogens is 296 g/mol. The molecule has 1 aliphatic rings. The molecule has 0 bridgehead atoms. The lowest BCUT2D eigenvalue weighted by molar-refractivity contribution is -0.141. The first kappa shape index (κ1) is 16.6. The number of amides is 2. The molecule has 22 heavy (non-hydrogen) atoms. The molecule has 1 heterocycles. The summed E-state index contributed by atoms with van der Waals surface area (Å²) in [6.07, 6.45) is 5.17. The molecule has 0 aromatic heterocycles. The number of carbonyl (C=O) groups excluding carboxylic acids is 2. The second-order valence-corrected chi connectivity index (χ2v) is 6.46. The van der Waals surface area contributed by atoms with E-state index in [0.29, 0.717) is 24.5 Å². The van der Waals surface area contributed by atoms with E-state index in [-0.39, 0.29) is 17.9 Å². The van der Waals surface area contributed by atoms with Crippen LogP contribution in [0, 0.1) is 0 Å². The lowest BCUT2D eigenvalue weighted by Crippen LogP contribution is -2.46. The van der Waals surface area contributed by atoms with Crippen molar-refractivity contribution in [2.45, 2.75) is 18.9 Å². The van der Waals surface area contributed by atoms with Crippen LogP contribution in [0.5, 0.6) is 0 Å². The fourth-order valence-corrected chi connectivity index (χ4v) is 3.50. The molecule has 4 nitrogen and oxygen atoms in total. The van der Waals surface area contributed by atoms with Crippen LogP contribution in [0.4, 0.5) is 0 Å². The van der Waals surface area contributed by atoms with Crippen molar-refractivity contribution in [2.75, 3.05) is 25.7 Å². The summed E-state index contributed by atoms with van der Waals surface area (Å²) in [6, 6.07) is 9.72. The fourth-order valence-electron chi connectivity index (χ4n) is 2.33. The molecule has 0 N–H and O–H groups in total. The Balaban J connectivity index is 1.84. The van der Waals surface area contributed by atoms with Crippen molar-refractivity contribution in [3.63, 3.8) is 0 Å². The lowest BCUT2D eigenvalue weighted by Gasteiger charge is -2.25. The van der Waals surface area contributed by atoms with Crippen molar-refractivity contribution in [3.05, 3.63) is 42.0 Å². The quantitative estimate of drug-likeness (QED) is 0.837. The van der Waals surface area contributed by atoms with Crippen LogP contribution >= 0.6 is 11.8 Å². The van der Waals surface area contributed by atoms with Gasteiger partial charge >= 0.3 is 0 Å². The maximum atomic E-state index is 12.3. The van der Waals surface area contributed by atoms with Gasteiger partial charge in [-0.15, -0.1) is 11.8 Å². The topological polar surface area (TPSA) is 40.6 Å². The van der Waals surface area contributed by atoms with Crippen molar-refractivity contribution in [3.8, 4) is 0 Å². The van der Waals surface area contributed by atoms with Crippen LogP contribution in [-0.2, 0) is 9.59 Å². The van der Waals surface area contributed by atoms with E-state index >= 15 is 0 Å². The summed E-state index contributed by atoms with van der Waals surface area (Å²) >= 11 is 1.64. The third-order valence-corrected chi connectivity index (χ3v) is 4.58. The summed E-state index contributed by atoms with van der Waals surface area (Å²) in [6.45, 7) is 0. The Kier molecular flexibility index (Phi) is 6.07. The van der Waals surface area contributed by atoms with E-state index in [1.807, 2.05) is 42.5 Å². The minimum absolute atomic E-state index is 0.0122. The molecule has 0 saturated carbocycles. The van der Waals surface area contributed by atoms with Crippen LogP contribution in [0.25, 0.3) is 6.08 Å². The van der Waals surface area contributed by atoms with Gasteiger partial charge < -0.3 is 9.80 Å². The summed E-state index contributed by atoms with van der Waals surface area (Å²) in [5.41, 5.74) is 1.13. The molecule has 1 atom stereocenters. The first-order valence-electron chi connectivity index (χ1n) is 7.39. The number of nitrogens with zero attached hydrogens (tertiary/aromatic N) is 2. The van der Waals surface area contributed by atoms with Gasteiger partial charge in [-0.2, -0.15) is 0 Å². The smallest absolute Gasteiger partial charge is 0.245 e. The number of hydrogen-bond donors (Lipinski definition) is 0. The first-order valence-corrected chi connectivity index (χ1v) is 8.55. The lowest BCUT2D eigenvalue weighted by atomic mass is 10.1. The molecule has 0 spiro atoms. The van der Waals surface area contributed by atoms with E-state index in [2.05, 4.69) is 0 Å². The van der Waals surface area contributed by atoms with Crippen LogP contribution in [0.15, 0.2) is 36.4 Å². The number of rotatable bonds is 5. The molecule has 1 aromatic carbocycles. The van der Waals surface area contributed by atoms with Gasteiger partial charge in [0.25, 0.3) is 0 Å². The van der Waals surface area contributed by atoms with Gasteiger partial charge in [0.05, 0.1) is 5.88 Å². The van der Waals surface area contributed by atoms with Gasteiger partial charge in [0.2, 0.25) is 11.8 Å². The van der Waals surface area contributed by atoms with Gasteiger partial charge in [0.15, 0.2) is 0 Å². The summed E-state index contributed by atoms with van der Waals surface area (Å²) < 4.78 is 0. The number of thioether (sulfide) groups is 1. The van der Waals surface area contributed by atoms with Crippen LogP contribution in [0.1, 0.15) is 18.4 Å². The van der Waals surface area contributed by atoms with Gasteiger partial charge in [-0.1, -0.05) is 42.5 Å².